The molecule has 0 bridgehead atoms. The average Bonchev–Trinajstić information content (AvgIpc) is 3.27. The molecule has 1 fully saturated rings. The predicted octanol–water partition coefficient (Wildman–Crippen LogP) is 3.81. The Morgan fingerprint density at radius 1 is 1.19 bits per heavy atom. The van der Waals surface area contributed by atoms with Gasteiger partial charge in [0.2, 0.25) is 0 Å². The van der Waals surface area contributed by atoms with E-state index in [-0.39, 0.29) is 24.0 Å². The van der Waals surface area contributed by atoms with E-state index in [0.717, 1.165) is 30.6 Å². The number of guanidine groups is 1. The smallest absolute Gasteiger partial charge is 0.191 e. The molecule has 0 saturated carbocycles. The predicted molar refractivity (Wildman–Crippen MR) is 124 cm³/mol. The summed E-state index contributed by atoms with van der Waals surface area (Å²) < 4.78 is 1.86. The molecular formula is C18H25Cl2IN6. The van der Waals surface area contributed by atoms with Gasteiger partial charge in [-0.15, -0.1) is 24.0 Å². The highest BCUT2D eigenvalue weighted by molar-refractivity contribution is 14.0. The lowest BCUT2D eigenvalue weighted by molar-refractivity contribution is 0.750. The molecule has 0 atom stereocenters. The van der Waals surface area contributed by atoms with Gasteiger partial charge in [0.25, 0.3) is 0 Å². The van der Waals surface area contributed by atoms with Crippen LogP contribution in [0, 0.1) is 0 Å². The number of hydrogen-bond donors (Lipinski definition) is 2. The van der Waals surface area contributed by atoms with Crippen LogP contribution in [0.4, 0.5) is 5.82 Å². The Kier molecular flexibility index (Phi) is 8.50. The molecule has 2 N–H and O–H groups in total. The van der Waals surface area contributed by atoms with Crippen LogP contribution in [0.1, 0.15) is 24.1 Å². The Balaban J connectivity index is 0.00000261. The average molecular weight is 523 g/mol. The Hall–Kier alpha value is -1.19. The third kappa shape index (κ3) is 5.65. The maximum atomic E-state index is 6.10. The van der Waals surface area contributed by atoms with E-state index in [1.165, 1.54) is 18.4 Å². The molecule has 1 aliphatic heterocycles. The largest absolute Gasteiger partial charge is 0.357 e. The van der Waals surface area contributed by atoms with Crippen molar-refractivity contribution in [2.24, 2.45) is 12.0 Å². The molecule has 0 aliphatic carbocycles. The highest BCUT2D eigenvalue weighted by atomic mass is 127. The number of pyridine rings is 1. The summed E-state index contributed by atoms with van der Waals surface area (Å²) in [6.07, 6.45) is 4.36. The second-order valence-electron chi connectivity index (χ2n) is 6.33. The molecule has 148 valence electrons. The number of hydrogen-bond acceptors (Lipinski definition) is 3. The van der Waals surface area contributed by atoms with Crippen LogP contribution in [-0.4, -0.2) is 35.6 Å². The minimum absolute atomic E-state index is 0. The molecule has 1 saturated heterocycles. The fraction of sp³-hybridized carbons (Fsp3) is 0.444. The first-order valence-corrected chi connectivity index (χ1v) is 9.48. The monoisotopic (exact) mass is 522 g/mol. The molecular weight excluding hydrogens is 498 g/mol. The van der Waals surface area contributed by atoms with E-state index in [9.17, 15) is 0 Å². The van der Waals surface area contributed by atoms with Gasteiger partial charge in [0.05, 0.1) is 11.6 Å². The van der Waals surface area contributed by atoms with Gasteiger partial charge < -0.3 is 20.1 Å². The first kappa shape index (κ1) is 22.1. The van der Waals surface area contributed by atoms with Crippen molar-refractivity contribution in [2.75, 3.05) is 25.0 Å². The van der Waals surface area contributed by atoms with Crippen LogP contribution in [0.15, 0.2) is 29.4 Å². The Morgan fingerprint density at radius 2 is 1.89 bits per heavy atom. The molecule has 27 heavy (non-hydrogen) atoms. The minimum atomic E-state index is 0. The van der Waals surface area contributed by atoms with Crippen molar-refractivity contribution < 1.29 is 0 Å². The summed E-state index contributed by atoms with van der Waals surface area (Å²) in [6, 6.07) is 6.02. The molecule has 0 amide bonds. The Labute approximate surface area is 187 Å². The number of anilines is 1. The lowest BCUT2D eigenvalue weighted by Gasteiger charge is -2.17. The Morgan fingerprint density at radius 3 is 2.52 bits per heavy atom. The van der Waals surface area contributed by atoms with Gasteiger partial charge in [0, 0.05) is 45.6 Å². The third-order valence-corrected chi connectivity index (χ3v) is 5.42. The topological polar surface area (TPSA) is 57.5 Å². The van der Waals surface area contributed by atoms with Gasteiger partial charge in [-0.3, -0.25) is 4.99 Å². The summed E-state index contributed by atoms with van der Waals surface area (Å²) in [7, 11) is 3.64. The summed E-state index contributed by atoms with van der Waals surface area (Å²) in [4.78, 5) is 11.1. The van der Waals surface area contributed by atoms with Crippen LogP contribution in [-0.2, 0) is 20.1 Å². The van der Waals surface area contributed by atoms with Crippen molar-refractivity contribution in [3.63, 3.8) is 0 Å². The normalized spacial score (nSPS) is 14.2. The van der Waals surface area contributed by atoms with Gasteiger partial charge in [-0.2, -0.15) is 0 Å². The molecule has 0 aromatic carbocycles. The van der Waals surface area contributed by atoms with Gasteiger partial charge >= 0.3 is 0 Å². The quantitative estimate of drug-likeness (QED) is 0.356. The summed E-state index contributed by atoms with van der Waals surface area (Å²) in [5.74, 6) is 1.77. The van der Waals surface area contributed by atoms with E-state index in [4.69, 9.17) is 23.2 Å². The van der Waals surface area contributed by atoms with Crippen molar-refractivity contribution in [3.8, 4) is 0 Å². The molecule has 0 spiro atoms. The van der Waals surface area contributed by atoms with Gasteiger partial charge in [-0.25, -0.2) is 4.98 Å². The maximum absolute atomic E-state index is 6.10. The fourth-order valence-electron chi connectivity index (χ4n) is 3.03. The molecule has 1 aliphatic rings. The molecule has 0 radical (unpaired) electrons. The molecule has 3 rings (SSSR count). The molecule has 9 heteroatoms. The van der Waals surface area contributed by atoms with Crippen molar-refractivity contribution in [1.29, 1.82) is 0 Å². The zero-order valence-electron chi connectivity index (χ0n) is 15.5. The van der Waals surface area contributed by atoms with E-state index < -0.39 is 0 Å². The van der Waals surface area contributed by atoms with Gasteiger partial charge in [-0.1, -0.05) is 23.2 Å². The van der Waals surface area contributed by atoms with Crippen LogP contribution in [0.5, 0.6) is 0 Å². The minimum Gasteiger partial charge on any atom is -0.357 e. The molecule has 0 unspecified atom stereocenters. The fourth-order valence-corrected chi connectivity index (χ4v) is 3.44. The Bertz CT molecular complexity index is 786. The van der Waals surface area contributed by atoms with Crippen LogP contribution in [0.25, 0.3) is 0 Å². The van der Waals surface area contributed by atoms with E-state index >= 15 is 0 Å². The third-order valence-electron chi connectivity index (χ3n) is 4.58. The maximum Gasteiger partial charge on any atom is 0.191 e. The van der Waals surface area contributed by atoms with Crippen LogP contribution < -0.4 is 15.5 Å². The second-order valence-corrected chi connectivity index (χ2v) is 7.09. The molecule has 6 nitrogen and oxygen atoms in total. The van der Waals surface area contributed by atoms with E-state index in [2.05, 4.69) is 31.6 Å². The van der Waals surface area contributed by atoms with E-state index in [1.807, 2.05) is 29.9 Å². The summed E-state index contributed by atoms with van der Waals surface area (Å²) in [6.45, 7) is 3.44. The van der Waals surface area contributed by atoms with Crippen molar-refractivity contribution in [1.82, 2.24) is 20.2 Å². The number of nitrogens with zero attached hydrogens (tertiary/aromatic N) is 4. The lowest BCUT2D eigenvalue weighted by Crippen LogP contribution is -2.36. The standard InChI is InChI=1S/C18H24Cl2N6.HI/c1-21-18(24-12-14-10-15(19)17(20)25(14)2)23-11-13-5-6-22-16(9-13)26-7-3-4-8-26;/h5-6,9-10H,3-4,7-8,11-12H2,1-2H3,(H2,21,23,24);1H. The number of rotatable bonds is 5. The van der Waals surface area contributed by atoms with Crippen molar-refractivity contribution in [2.45, 2.75) is 25.9 Å². The first-order valence-electron chi connectivity index (χ1n) is 8.72. The van der Waals surface area contributed by atoms with Gasteiger partial charge in [0.15, 0.2) is 5.96 Å². The van der Waals surface area contributed by atoms with E-state index in [1.54, 1.807) is 7.05 Å². The lowest BCUT2D eigenvalue weighted by atomic mass is 10.2. The number of aliphatic imine (C=N–C) groups is 1. The zero-order valence-corrected chi connectivity index (χ0v) is 19.3. The number of nitrogens with one attached hydrogen (secondary N) is 2. The highest BCUT2D eigenvalue weighted by Gasteiger charge is 2.14. The number of aromatic nitrogens is 2. The SMILES string of the molecule is CN=C(NCc1ccnc(N2CCCC2)c1)NCc1cc(Cl)c(Cl)n1C.I. The van der Waals surface area contributed by atoms with Crippen molar-refractivity contribution in [3.05, 3.63) is 45.8 Å². The van der Waals surface area contributed by atoms with Crippen LogP contribution >= 0.6 is 47.2 Å². The van der Waals surface area contributed by atoms with Gasteiger partial charge in [0.1, 0.15) is 11.0 Å². The van der Waals surface area contributed by atoms with Crippen LogP contribution in [0.3, 0.4) is 0 Å². The van der Waals surface area contributed by atoms with E-state index in [0.29, 0.717) is 23.3 Å². The molecule has 2 aromatic rings. The second kappa shape index (κ2) is 10.4. The van der Waals surface area contributed by atoms with Crippen LogP contribution in [0.2, 0.25) is 10.2 Å². The van der Waals surface area contributed by atoms with Gasteiger partial charge in [-0.05, 0) is 36.6 Å². The summed E-state index contributed by atoms with van der Waals surface area (Å²) >= 11 is 12.2. The molecule has 3 heterocycles. The highest BCUT2D eigenvalue weighted by Crippen LogP contribution is 2.25. The van der Waals surface area contributed by atoms with Crippen molar-refractivity contribution >= 4 is 59.0 Å². The summed E-state index contributed by atoms with van der Waals surface area (Å²) in [5, 5.41) is 7.71. The summed E-state index contributed by atoms with van der Waals surface area (Å²) in [5.41, 5.74) is 2.16. The zero-order chi connectivity index (χ0) is 18.5. The first-order chi connectivity index (χ1) is 12.6. The molecule has 2 aromatic heterocycles. The number of halogens is 3.